The van der Waals surface area contributed by atoms with Crippen molar-refractivity contribution < 1.29 is 23.5 Å². The maximum atomic E-state index is 6.06. The number of nitrogens with zero attached hydrogens (tertiary/aromatic N) is 5. The molecular weight excluding hydrogens is 1110 g/mol. The van der Waals surface area contributed by atoms with E-state index in [0.29, 0.717) is 47.8 Å². The fraction of sp³-hybridized carbons (Fsp3) is 0.247. The molecule has 0 spiro atoms. The number of benzene rings is 7. The molecule has 10 nitrogen and oxygen atoms in total. The summed E-state index contributed by atoms with van der Waals surface area (Å²) in [4.78, 5) is 23.2. The monoisotopic (exact) mass is 1180 g/mol. The summed E-state index contributed by atoms with van der Waals surface area (Å²) in [7, 11) is -0.332. The third-order valence-corrected chi connectivity index (χ3v) is 16.1. The molecule has 0 bridgehead atoms. The maximum absolute atomic E-state index is 6.06. The van der Waals surface area contributed by atoms with Crippen LogP contribution in [0.4, 0.5) is 0 Å². The van der Waals surface area contributed by atoms with Gasteiger partial charge < -0.3 is 23.5 Å². The van der Waals surface area contributed by atoms with E-state index >= 15 is 0 Å². The summed E-state index contributed by atoms with van der Waals surface area (Å²) in [6, 6.07) is 70.4. The van der Waals surface area contributed by atoms with Crippen LogP contribution in [-0.4, -0.2) is 82.4 Å². The second-order valence-corrected chi connectivity index (χ2v) is 25.7. The summed E-state index contributed by atoms with van der Waals surface area (Å²) >= 11 is 11.9. The largest absolute Gasteiger partial charge is 0.494 e. The average Bonchev–Trinajstić information content (AvgIpc) is 2.30. The highest BCUT2D eigenvalue weighted by Gasteiger charge is 2.51. The topological polar surface area (TPSA) is 109 Å². The van der Waals surface area contributed by atoms with Gasteiger partial charge in [0.1, 0.15) is 30.1 Å². The van der Waals surface area contributed by atoms with E-state index in [-0.39, 0.29) is 34.9 Å². The molecule has 0 unspecified atom stereocenters. The molecule has 434 valence electrons. The minimum absolute atomic E-state index is 0.139. The Balaban J connectivity index is 0.000000152. The zero-order chi connectivity index (χ0) is 60.4. The van der Waals surface area contributed by atoms with Gasteiger partial charge in [0.15, 0.2) is 0 Å². The number of hydrogen-bond acceptors (Lipinski definition) is 10. The van der Waals surface area contributed by atoms with Crippen LogP contribution in [0.5, 0.6) is 0 Å². The Morgan fingerprint density at radius 1 is 0.314 bits per heavy atom. The van der Waals surface area contributed by atoms with Gasteiger partial charge in [-0.05, 0) is 180 Å². The highest BCUT2D eigenvalue weighted by Crippen LogP contribution is 2.38. The van der Waals surface area contributed by atoms with Crippen LogP contribution in [0.2, 0.25) is 10.3 Å². The fourth-order valence-corrected chi connectivity index (χ4v) is 10.6. The second-order valence-electron chi connectivity index (χ2n) is 24.9. The van der Waals surface area contributed by atoms with Gasteiger partial charge in [0, 0.05) is 27.8 Å². The first-order valence-corrected chi connectivity index (χ1v) is 29.8. The van der Waals surface area contributed by atoms with Crippen molar-refractivity contribution in [3.63, 3.8) is 0 Å². The van der Waals surface area contributed by atoms with Crippen LogP contribution in [0.1, 0.15) is 85.9 Å². The second kappa shape index (κ2) is 24.3. The Morgan fingerprint density at radius 3 is 0.919 bits per heavy atom. The van der Waals surface area contributed by atoms with Crippen molar-refractivity contribution in [3.8, 4) is 67.0 Å². The van der Waals surface area contributed by atoms with Gasteiger partial charge in [-0.15, -0.1) is 0 Å². The third-order valence-electron chi connectivity index (χ3n) is 15.7. The van der Waals surface area contributed by atoms with Crippen molar-refractivity contribution in [1.82, 2.24) is 9.97 Å². The lowest BCUT2D eigenvalue weighted by Gasteiger charge is -2.32. The average molecular weight is 1180 g/mol. The predicted molar refractivity (Wildman–Crippen MR) is 353 cm³/mol. The molecule has 2 aromatic heterocycles. The number of halogens is 2. The predicted octanol–water partition coefficient (Wildman–Crippen LogP) is 17.1. The third kappa shape index (κ3) is 14.0. The SMILES string of the molecule is CC1(C)COC(c2ccc(-c3cc(-c4ccc(-c5ccccc5)cc4)cc(-c4ccc(C5=NC(C)(C)CO5)cc4)n3)cc2)=N1.CC1(C)COC(c2ccc(B3OC(C)(C)C(C)(C)O3)cc2)=N1.Clc1cc(-c2ccc(-c3ccccc3)cc2)cc(Cl)n1. The molecule has 13 rings (SSSR count). The van der Waals surface area contributed by atoms with Crippen LogP contribution in [0, 0.1) is 0 Å². The van der Waals surface area contributed by atoms with Gasteiger partial charge in [-0.1, -0.05) is 169 Å². The molecule has 1 fully saturated rings. The van der Waals surface area contributed by atoms with E-state index in [0.717, 1.165) is 66.9 Å². The van der Waals surface area contributed by atoms with Crippen LogP contribution in [0.15, 0.2) is 221 Å². The molecule has 0 atom stereocenters. The Morgan fingerprint density at radius 2 is 0.593 bits per heavy atom. The summed E-state index contributed by atoms with van der Waals surface area (Å²) in [6.07, 6.45) is 0. The highest BCUT2D eigenvalue weighted by atomic mass is 35.5. The molecule has 86 heavy (non-hydrogen) atoms. The summed E-state index contributed by atoms with van der Waals surface area (Å²) < 4.78 is 29.5. The lowest BCUT2D eigenvalue weighted by Crippen LogP contribution is -2.41. The molecule has 9 aromatic rings. The Labute approximate surface area is 516 Å². The number of aliphatic imine (C=N–C) groups is 3. The number of pyridine rings is 2. The van der Waals surface area contributed by atoms with E-state index in [1.54, 1.807) is 0 Å². The van der Waals surface area contributed by atoms with Crippen LogP contribution in [0.3, 0.4) is 0 Å². The van der Waals surface area contributed by atoms with E-state index in [4.69, 9.17) is 61.7 Å². The van der Waals surface area contributed by atoms with Crippen LogP contribution in [0.25, 0.3) is 67.0 Å². The summed E-state index contributed by atoms with van der Waals surface area (Å²) in [5.41, 5.74) is 15.7. The number of hydrogen-bond donors (Lipinski definition) is 0. The Kier molecular flexibility index (Phi) is 16.8. The van der Waals surface area contributed by atoms with Crippen molar-refractivity contribution in [1.29, 1.82) is 0 Å². The van der Waals surface area contributed by atoms with Crippen molar-refractivity contribution in [2.75, 3.05) is 19.8 Å². The highest BCUT2D eigenvalue weighted by molar-refractivity contribution is 6.62. The maximum Gasteiger partial charge on any atom is 0.494 e. The quantitative estimate of drug-likeness (QED) is 0.0991. The summed E-state index contributed by atoms with van der Waals surface area (Å²) in [5, 5.41) is 0.805. The van der Waals surface area contributed by atoms with Gasteiger partial charge in [-0.25, -0.2) is 24.9 Å². The van der Waals surface area contributed by atoms with E-state index in [1.165, 1.54) is 22.3 Å². The van der Waals surface area contributed by atoms with E-state index in [2.05, 4.69) is 225 Å². The van der Waals surface area contributed by atoms with Gasteiger partial charge in [-0.2, -0.15) is 0 Å². The van der Waals surface area contributed by atoms with E-state index < -0.39 is 0 Å². The normalized spacial score (nSPS) is 17.3. The number of aromatic nitrogens is 2. The van der Waals surface area contributed by atoms with Crippen LogP contribution in [-0.2, 0) is 23.5 Å². The van der Waals surface area contributed by atoms with Gasteiger partial charge in [-0.3, -0.25) is 0 Å². The van der Waals surface area contributed by atoms with Gasteiger partial charge in [0.05, 0.1) is 39.2 Å². The molecule has 6 heterocycles. The number of ether oxygens (including phenoxy) is 3. The molecular formula is C73H70BCl2N5O5. The molecule has 13 heteroatoms. The van der Waals surface area contributed by atoms with Gasteiger partial charge >= 0.3 is 7.12 Å². The zero-order valence-corrected chi connectivity index (χ0v) is 51.9. The smallest absolute Gasteiger partial charge is 0.475 e. The van der Waals surface area contributed by atoms with Crippen molar-refractivity contribution >= 4 is 53.5 Å². The minimum atomic E-state index is -0.332. The van der Waals surface area contributed by atoms with Crippen molar-refractivity contribution in [2.45, 2.75) is 97.1 Å². The lowest BCUT2D eigenvalue weighted by molar-refractivity contribution is 0.00578. The van der Waals surface area contributed by atoms with E-state index in [9.17, 15) is 0 Å². The Bertz CT molecular complexity index is 3830. The molecule has 0 radical (unpaired) electrons. The molecule has 0 N–H and O–H groups in total. The zero-order valence-electron chi connectivity index (χ0n) is 50.4. The van der Waals surface area contributed by atoms with Gasteiger partial charge in [0.2, 0.25) is 17.7 Å². The van der Waals surface area contributed by atoms with E-state index in [1.807, 2.05) is 60.7 Å². The first-order chi connectivity index (χ1) is 41.0. The molecule has 4 aliphatic rings. The lowest BCUT2D eigenvalue weighted by atomic mass is 9.79. The minimum Gasteiger partial charge on any atom is -0.475 e. The van der Waals surface area contributed by atoms with Gasteiger partial charge in [0.25, 0.3) is 0 Å². The Hall–Kier alpha value is -8.19. The van der Waals surface area contributed by atoms with Crippen LogP contribution >= 0.6 is 23.2 Å². The molecule has 0 amide bonds. The van der Waals surface area contributed by atoms with Crippen molar-refractivity contribution in [2.24, 2.45) is 15.0 Å². The molecule has 4 aliphatic heterocycles. The first kappa shape index (κ1) is 59.5. The van der Waals surface area contributed by atoms with Crippen LogP contribution < -0.4 is 5.46 Å². The first-order valence-electron chi connectivity index (χ1n) is 29.1. The summed E-state index contributed by atoms with van der Waals surface area (Å²) in [5.74, 6) is 2.11. The van der Waals surface area contributed by atoms with Crippen molar-refractivity contribution in [3.05, 3.63) is 233 Å². The number of rotatable bonds is 10. The summed E-state index contributed by atoms with van der Waals surface area (Å²) in [6.45, 7) is 22.5. The molecule has 7 aromatic carbocycles. The standard InChI is InChI=1S/C39H35N3O2.C17H24BNO3.C17H11Cl2N/c1-38(2)24-43-36(41-38)31-18-14-29(15-19-31)34-22-33(28-12-10-27(11-13-28)26-8-6-5-7-9-26)23-35(40-34)30-16-20-32(21-17-30)37-42-39(3,4)25-44-37;1-15(2)11-20-14(19-15)12-7-9-13(10-8-12)18-21-16(3,4)17(5,6)22-18;18-16-10-15(11-17(19)20-16)14-8-6-13(7-9-14)12-4-2-1-3-5-12/h5-23H,24-25H2,1-4H3;7-10H,11H2,1-6H3;1-11H. The molecule has 0 aliphatic carbocycles. The fourth-order valence-electron chi connectivity index (χ4n) is 10.1. The molecule has 1 saturated heterocycles. The molecule has 0 saturated carbocycles.